The monoisotopic (exact) mass is 245 g/mol. The smallest absolute Gasteiger partial charge is 0.0545 e. The second-order valence-corrected chi connectivity index (χ2v) is 5.23. The van der Waals surface area contributed by atoms with Gasteiger partial charge in [0.25, 0.3) is 0 Å². The van der Waals surface area contributed by atoms with Gasteiger partial charge < -0.3 is 10.8 Å². The minimum Gasteiger partial charge on any atom is -0.396 e. The van der Waals surface area contributed by atoms with Crippen LogP contribution in [0.1, 0.15) is 18.9 Å². The Morgan fingerprint density at radius 3 is 2.87 bits per heavy atom. The lowest BCUT2D eigenvalue weighted by Crippen LogP contribution is -2.03. The van der Waals surface area contributed by atoms with Gasteiger partial charge in [0.2, 0.25) is 0 Å². The number of rotatable bonds is 5. The summed E-state index contributed by atoms with van der Waals surface area (Å²) in [6, 6.07) is 5.76. The van der Waals surface area contributed by atoms with Crippen LogP contribution < -0.4 is 5.73 Å². The lowest BCUT2D eigenvalue weighted by atomic mass is 10.2. The van der Waals surface area contributed by atoms with Crippen LogP contribution in [0.3, 0.4) is 0 Å². The highest BCUT2D eigenvalue weighted by Crippen LogP contribution is 2.34. The van der Waals surface area contributed by atoms with Crippen LogP contribution in [0.15, 0.2) is 23.1 Å². The summed E-state index contributed by atoms with van der Waals surface area (Å²) in [5.41, 5.74) is 6.71. The van der Waals surface area contributed by atoms with Gasteiger partial charge in [-0.25, -0.2) is 0 Å². The van der Waals surface area contributed by atoms with Crippen LogP contribution >= 0.6 is 23.4 Å². The second-order valence-electron chi connectivity index (χ2n) is 3.37. The summed E-state index contributed by atoms with van der Waals surface area (Å²) in [5, 5.41) is 9.93. The van der Waals surface area contributed by atoms with Crippen molar-refractivity contribution in [3.8, 4) is 0 Å². The van der Waals surface area contributed by atoms with E-state index in [1.807, 2.05) is 18.2 Å². The number of benzene rings is 1. The van der Waals surface area contributed by atoms with Gasteiger partial charge in [-0.15, -0.1) is 11.8 Å². The first-order chi connectivity index (χ1) is 7.19. The molecular weight excluding hydrogens is 230 g/mol. The van der Waals surface area contributed by atoms with Gasteiger partial charge in [-0.3, -0.25) is 0 Å². The topological polar surface area (TPSA) is 46.2 Å². The minimum atomic E-state index is 0.205. The predicted octanol–water partition coefficient (Wildman–Crippen LogP) is 2.66. The summed E-state index contributed by atoms with van der Waals surface area (Å²) < 4.78 is 0. The van der Waals surface area contributed by atoms with Crippen LogP contribution in [0.25, 0.3) is 0 Å². The molecule has 0 saturated heterocycles. The van der Waals surface area contributed by atoms with Crippen LogP contribution in [0, 0.1) is 0 Å². The molecule has 1 aromatic rings. The van der Waals surface area contributed by atoms with Crippen molar-refractivity contribution < 1.29 is 5.11 Å². The van der Waals surface area contributed by atoms with E-state index in [4.69, 9.17) is 22.4 Å². The molecule has 0 radical (unpaired) electrons. The lowest BCUT2D eigenvalue weighted by Gasteiger charge is -2.14. The van der Waals surface area contributed by atoms with Crippen LogP contribution in [0.4, 0.5) is 0 Å². The molecule has 0 spiro atoms. The predicted molar refractivity (Wildman–Crippen MR) is 66.4 cm³/mol. The molecule has 0 amide bonds. The van der Waals surface area contributed by atoms with Gasteiger partial charge in [0, 0.05) is 23.3 Å². The van der Waals surface area contributed by atoms with Gasteiger partial charge in [-0.2, -0.15) is 0 Å². The Balaban J connectivity index is 2.82. The van der Waals surface area contributed by atoms with E-state index in [1.165, 1.54) is 0 Å². The molecule has 0 aliphatic heterocycles. The highest BCUT2D eigenvalue weighted by atomic mass is 35.5. The normalized spacial score (nSPS) is 12.8. The van der Waals surface area contributed by atoms with Crippen LogP contribution in [-0.4, -0.2) is 17.0 Å². The van der Waals surface area contributed by atoms with Gasteiger partial charge >= 0.3 is 0 Å². The number of halogens is 1. The zero-order valence-corrected chi connectivity index (χ0v) is 10.3. The standard InChI is InChI=1S/C11H16ClNOS/c1-8(5-6-14)15-11-9(7-13)3-2-4-10(11)12/h2-4,8,14H,5-7,13H2,1H3. The average Bonchev–Trinajstić information content (AvgIpc) is 2.21. The van der Waals surface area contributed by atoms with Gasteiger partial charge in [-0.1, -0.05) is 30.7 Å². The molecule has 1 rings (SSSR count). The molecule has 1 aromatic carbocycles. The number of hydrogen-bond acceptors (Lipinski definition) is 3. The number of nitrogens with two attached hydrogens (primary N) is 1. The molecular formula is C11H16ClNOS. The average molecular weight is 246 g/mol. The van der Waals surface area contributed by atoms with E-state index in [0.717, 1.165) is 21.9 Å². The van der Waals surface area contributed by atoms with Gasteiger partial charge in [-0.05, 0) is 18.1 Å². The van der Waals surface area contributed by atoms with Crippen molar-refractivity contribution >= 4 is 23.4 Å². The quantitative estimate of drug-likeness (QED) is 0.784. The van der Waals surface area contributed by atoms with Crippen molar-refractivity contribution in [1.29, 1.82) is 0 Å². The van der Waals surface area contributed by atoms with Crippen LogP contribution in [0.5, 0.6) is 0 Å². The van der Waals surface area contributed by atoms with Gasteiger partial charge in [0.05, 0.1) is 5.02 Å². The zero-order chi connectivity index (χ0) is 11.3. The Kier molecular flexibility index (Phi) is 5.47. The molecule has 0 aromatic heterocycles. The third kappa shape index (κ3) is 3.68. The van der Waals surface area contributed by atoms with Crippen molar-refractivity contribution in [2.24, 2.45) is 5.73 Å². The molecule has 84 valence electrons. The molecule has 15 heavy (non-hydrogen) atoms. The largest absolute Gasteiger partial charge is 0.396 e. The molecule has 4 heteroatoms. The Labute approximate surface area is 99.8 Å². The Hall–Kier alpha value is -0.220. The van der Waals surface area contributed by atoms with Crippen LogP contribution in [0.2, 0.25) is 5.02 Å². The van der Waals surface area contributed by atoms with Crippen LogP contribution in [-0.2, 0) is 6.54 Å². The molecule has 1 atom stereocenters. The number of hydrogen-bond donors (Lipinski definition) is 2. The summed E-state index contributed by atoms with van der Waals surface area (Å²) in [7, 11) is 0. The fourth-order valence-corrected chi connectivity index (χ4v) is 2.72. The Morgan fingerprint density at radius 2 is 2.27 bits per heavy atom. The Morgan fingerprint density at radius 1 is 1.53 bits per heavy atom. The minimum absolute atomic E-state index is 0.205. The fourth-order valence-electron chi connectivity index (χ4n) is 1.29. The van der Waals surface area contributed by atoms with E-state index in [0.29, 0.717) is 11.8 Å². The molecule has 3 N–H and O–H groups in total. The van der Waals surface area contributed by atoms with Crippen molar-refractivity contribution in [2.45, 2.75) is 30.0 Å². The van der Waals surface area contributed by atoms with E-state index in [-0.39, 0.29) is 6.61 Å². The third-order valence-electron chi connectivity index (χ3n) is 2.12. The highest BCUT2D eigenvalue weighted by molar-refractivity contribution is 8.00. The maximum absolute atomic E-state index is 8.84. The van der Waals surface area contributed by atoms with E-state index in [9.17, 15) is 0 Å². The molecule has 2 nitrogen and oxygen atoms in total. The molecule has 0 aliphatic rings. The Bertz CT molecular complexity index is 319. The van der Waals surface area contributed by atoms with E-state index in [2.05, 4.69) is 6.92 Å². The fraction of sp³-hybridized carbons (Fsp3) is 0.455. The maximum atomic E-state index is 8.84. The first kappa shape index (κ1) is 12.8. The summed E-state index contributed by atoms with van der Waals surface area (Å²) in [4.78, 5) is 1.04. The molecule has 0 saturated carbocycles. The van der Waals surface area contributed by atoms with E-state index >= 15 is 0 Å². The number of aliphatic hydroxyl groups excluding tert-OH is 1. The third-order valence-corrected chi connectivity index (χ3v) is 3.91. The van der Waals surface area contributed by atoms with E-state index in [1.54, 1.807) is 11.8 Å². The second kappa shape index (κ2) is 6.38. The van der Waals surface area contributed by atoms with E-state index < -0.39 is 0 Å². The van der Waals surface area contributed by atoms with Crippen molar-refractivity contribution in [2.75, 3.05) is 6.61 Å². The molecule has 0 bridgehead atoms. The summed E-state index contributed by atoms with van der Waals surface area (Å²) in [5.74, 6) is 0. The summed E-state index contributed by atoms with van der Waals surface area (Å²) in [6.07, 6.45) is 0.764. The summed E-state index contributed by atoms with van der Waals surface area (Å²) in [6.45, 7) is 2.77. The molecule has 0 aliphatic carbocycles. The maximum Gasteiger partial charge on any atom is 0.0545 e. The first-order valence-corrected chi connectivity index (χ1v) is 6.19. The molecule has 0 fully saturated rings. The SMILES string of the molecule is CC(CCO)Sc1c(Cl)cccc1CN. The van der Waals surface area contributed by atoms with Crippen molar-refractivity contribution in [1.82, 2.24) is 0 Å². The first-order valence-electron chi connectivity index (χ1n) is 4.94. The summed E-state index contributed by atoms with van der Waals surface area (Å²) >= 11 is 7.79. The molecule has 1 unspecified atom stereocenters. The van der Waals surface area contributed by atoms with Crippen molar-refractivity contribution in [3.05, 3.63) is 28.8 Å². The van der Waals surface area contributed by atoms with Crippen molar-refractivity contribution in [3.63, 3.8) is 0 Å². The molecule has 0 heterocycles. The highest BCUT2D eigenvalue weighted by Gasteiger charge is 2.10. The zero-order valence-electron chi connectivity index (χ0n) is 8.74. The van der Waals surface area contributed by atoms with Gasteiger partial charge in [0.15, 0.2) is 0 Å². The van der Waals surface area contributed by atoms with Gasteiger partial charge in [0.1, 0.15) is 0 Å². The number of aliphatic hydroxyl groups is 1. The number of thioether (sulfide) groups is 1. The lowest BCUT2D eigenvalue weighted by molar-refractivity contribution is 0.289.